The molecular weight excluding hydrogens is 308 g/mol. The molecule has 2 heterocycles. The lowest BCUT2D eigenvalue weighted by Gasteiger charge is -2.30. The number of carbonyl (C=O) groups excluding carboxylic acids is 3. The third-order valence-electron chi connectivity index (χ3n) is 4.27. The van der Waals surface area contributed by atoms with Crippen LogP contribution < -0.4 is 16.0 Å². The van der Waals surface area contributed by atoms with Crippen LogP contribution in [0.25, 0.3) is 0 Å². The SMILES string of the molecule is CN1C(=O)CC(C(=O)Nc2cc(C(N)=O)n(C)c2)c2ccccc21. The summed E-state index contributed by atoms with van der Waals surface area (Å²) in [5.74, 6) is -1.54. The van der Waals surface area contributed by atoms with Crippen LogP contribution in [0.4, 0.5) is 11.4 Å². The Morgan fingerprint density at radius 3 is 2.62 bits per heavy atom. The lowest BCUT2D eigenvalue weighted by atomic mass is 9.89. The Morgan fingerprint density at radius 2 is 1.96 bits per heavy atom. The van der Waals surface area contributed by atoms with Gasteiger partial charge in [0.25, 0.3) is 5.91 Å². The van der Waals surface area contributed by atoms with E-state index in [0.717, 1.165) is 11.3 Å². The van der Waals surface area contributed by atoms with Crippen molar-refractivity contribution >= 4 is 29.1 Å². The van der Waals surface area contributed by atoms with E-state index >= 15 is 0 Å². The number of aromatic nitrogens is 1. The molecule has 3 rings (SSSR count). The highest BCUT2D eigenvalue weighted by atomic mass is 16.2. The van der Waals surface area contributed by atoms with Gasteiger partial charge in [0, 0.05) is 32.4 Å². The van der Waals surface area contributed by atoms with Crippen molar-refractivity contribution in [3.63, 3.8) is 0 Å². The molecule has 0 radical (unpaired) electrons. The number of hydrogen-bond donors (Lipinski definition) is 2. The molecule has 1 aromatic heterocycles. The van der Waals surface area contributed by atoms with Crippen molar-refractivity contribution in [2.45, 2.75) is 12.3 Å². The molecule has 1 unspecified atom stereocenters. The van der Waals surface area contributed by atoms with Gasteiger partial charge in [-0.05, 0) is 17.7 Å². The minimum atomic E-state index is -0.571. The molecule has 0 spiro atoms. The number of aryl methyl sites for hydroxylation is 1. The van der Waals surface area contributed by atoms with Gasteiger partial charge in [-0.15, -0.1) is 0 Å². The third-order valence-corrected chi connectivity index (χ3v) is 4.27. The summed E-state index contributed by atoms with van der Waals surface area (Å²) in [4.78, 5) is 37.7. The lowest BCUT2D eigenvalue weighted by molar-refractivity contribution is -0.124. The molecule has 7 heteroatoms. The van der Waals surface area contributed by atoms with E-state index in [4.69, 9.17) is 5.73 Å². The van der Waals surface area contributed by atoms with E-state index in [1.54, 1.807) is 29.8 Å². The second kappa shape index (κ2) is 5.84. The van der Waals surface area contributed by atoms with E-state index in [0.29, 0.717) is 11.4 Å². The van der Waals surface area contributed by atoms with Gasteiger partial charge in [0.15, 0.2) is 0 Å². The first-order chi connectivity index (χ1) is 11.4. The molecule has 1 aliphatic rings. The van der Waals surface area contributed by atoms with Crippen molar-refractivity contribution in [3.8, 4) is 0 Å². The fourth-order valence-corrected chi connectivity index (χ4v) is 2.98. The number of nitrogens with two attached hydrogens (primary N) is 1. The highest BCUT2D eigenvalue weighted by Crippen LogP contribution is 2.35. The molecule has 3 amide bonds. The van der Waals surface area contributed by atoms with Crippen molar-refractivity contribution < 1.29 is 14.4 Å². The fourth-order valence-electron chi connectivity index (χ4n) is 2.98. The summed E-state index contributed by atoms with van der Waals surface area (Å²) in [6, 6.07) is 8.86. The zero-order chi connectivity index (χ0) is 17.4. The number of nitrogens with zero attached hydrogens (tertiary/aromatic N) is 2. The van der Waals surface area contributed by atoms with Crippen LogP contribution in [0.1, 0.15) is 28.4 Å². The molecule has 0 bridgehead atoms. The van der Waals surface area contributed by atoms with Crippen LogP contribution in [-0.2, 0) is 16.6 Å². The molecule has 2 aromatic rings. The van der Waals surface area contributed by atoms with Crippen molar-refractivity contribution in [2.24, 2.45) is 12.8 Å². The number of fused-ring (bicyclic) bond motifs is 1. The number of carbonyl (C=O) groups is 3. The Bertz CT molecular complexity index is 840. The zero-order valence-electron chi connectivity index (χ0n) is 13.4. The topological polar surface area (TPSA) is 97.4 Å². The summed E-state index contributed by atoms with van der Waals surface area (Å²) < 4.78 is 1.55. The largest absolute Gasteiger partial charge is 0.364 e. The minimum Gasteiger partial charge on any atom is -0.364 e. The van der Waals surface area contributed by atoms with Gasteiger partial charge in [-0.2, -0.15) is 0 Å². The van der Waals surface area contributed by atoms with E-state index in [2.05, 4.69) is 5.32 Å². The van der Waals surface area contributed by atoms with Crippen LogP contribution in [0.15, 0.2) is 36.5 Å². The number of primary amides is 1. The molecule has 0 fully saturated rings. The van der Waals surface area contributed by atoms with E-state index in [9.17, 15) is 14.4 Å². The first-order valence-corrected chi connectivity index (χ1v) is 7.51. The molecule has 0 aliphatic carbocycles. The van der Waals surface area contributed by atoms with Gasteiger partial charge in [0.2, 0.25) is 11.8 Å². The van der Waals surface area contributed by atoms with E-state index in [1.165, 1.54) is 6.07 Å². The molecule has 1 aromatic carbocycles. The second-order valence-electron chi connectivity index (χ2n) is 5.85. The third kappa shape index (κ3) is 2.64. The average molecular weight is 326 g/mol. The van der Waals surface area contributed by atoms with Crippen molar-refractivity contribution in [2.75, 3.05) is 17.3 Å². The summed E-state index contributed by atoms with van der Waals surface area (Å²) in [5.41, 5.74) is 7.59. The van der Waals surface area contributed by atoms with Gasteiger partial charge in [-0.25, -0.2) is 0 Å². The van der Waals surface area contributed by atoms with Crippen molar-refractivity contribution in [1.29, 1.82) is 0 Å². The van der Waals surface area contributed by atoms with Gasteiger partial charge in [-0.3, -0.25) is 14.4 Å². The average Bonchev–Trinajstić information content (AvgIpc) is 2.91. The smallest absolute Gasteiger partial charge is 0.265 e. The Balaban J connectivity index is 1.88. The van der Waals surface area contributed by atoms with Crippen LogP contribution in [0.3, 0.4) is 0 Å². The molecule has 0 saturated heterocycles. The second-order valence-corrected chi connectivity index (χ2v) is 5.85. The predicted octanol–water partition coefficient (Wildman–Crippen LogP) is 1.21. The van der Waals surface area contributed by atoms with Crippen LogP contribution in [-0.4, -0.2) is 29.3 Å². The van der Waals surface area contributed by atoms with Crippen molar-refractivity contribution in [3.05, 3.63) is 47.8 Å². The molecule has 3 N–H and O–H groups in total. The molecule has 7 nitrogen and oxygen atoms in total. The summed E-state index contributed by atoms with van der Waals surface area (Å²) in [6.07, 6.45) is 1.72. The standard InChI is InChI=1S/C17H18N4O3/c1-20-9-10(7-14(20)16(18)23)19-17(24)12-8-15(22)21(2)13-6-4-3-5-11(12)13/h3-7,9,12H,8H2,1-2H3,(H2,18,23)(H,19,24). The lowest BCUT2D eigenvalue weighted by Crippen LogP contribution is -2.37. The number of amides is 3. The molecule has 124 valence electrons. The molecule has 1 atom stereocenters. The van der Waals surface area contributed by atoms with Crippen LogP contribution in [0.2, 0.25) is 0 Å². The van der Waals surface area contributed by atoms with E-state index < -0.39 is 11.8 Å². The number of benzene rings is 1. The highest BCUT2D eigenvalue weighted by molar-refractivity contribution is 6.06. The van der Waals surface area contributed by atoms with Gasteiger partial charge in [-0.1, -0.05) is 18.2 Å². The summed E-state index contributed by atoms with van der Waals surface area (Å²) >= 11 is 0. The molecule has 1 aliphatic heterocycles. The van der Waals surface area contributed by atoms with Gasteiger partial charge in [0.05, 0.1) is 11.6 Å². The monoisotopic (exact) mass is 326 g/mol. The van der Waals surface area contributed by atoms with Crippen molar-refractivity contribution in [1.82, 2.24) is 4.57 Å². The van der Waals surface area contributed by atoms with Crippen LogP contribution >= 0.6 is 0 Å². The minimum absolute atomic E-state index is 0.106. The van der Waals surface area contributed by atoms with E-state index in [-0.39, 0.29) is 18.2 Å². The maximum Gasteiger partial charge on any atom is 0.265 e. The molecule has 0 saturated carbocycles. The number of hydrogen-bond acceptors (Lipinski definition) is 3. The normalized spacial score (nSPS) is 16.7. The Hall–Kier alpha value is -3.09. The number of para-hydroxylation sites is 1. The highest BCUT2D eigenvalue weighted by Gasteiger charge is 2.33. The number of rotatable bonds is 3. The quantitative estimate of drug-likeness (QED) is 0.887. The first kappa shape index (κ1) is 15.8. The predicted molar refractivity (Wildman–Crippen MR) is 89.8 cm³/mol. The van der Waals surface area contributed by atoms with Gasteiger partial charge >= 0.3 is 0 Å². The van der Waals surface area contributed by atoms with Gasteiger partial charge < -0.3 is 20.5 Å². The Morgan fingerprint density at radius 1 is 1.25 bits per heavy atom. The summed E-state index contributed by atoms with van der Waals surface area (Å²) in [5, 5.41) is 2.77. The fraction of sp³-hybridized carbons (Fsp3) is 0.235. The van der Waals surface area contributed by atoms with Crippen LogP contribution in [0.5, 0.6) is 0 Å². The maximum absolute atomic E-state index is 12.7. The molecule has 24 heavy (non-hydrogen) atoms. The summed E-state index contributed by atoms with van der Waals surface area (Å²) in [6.45, 7) is 0. The van der Waals surface area contributed by atoms with E-state index in [1.807, 2.05) is 24.3 Å². The summed E-state index contributed by atoms with van der Waals surface area (Å²) in [7, 11) is 3.37. The zero-order valence-corrected chi connectivity index (χ0v) is 13.4. The Kier molecular flexibility index (Phi) is 3.84. The van der Waals surface area contributed by atoms with Gasteiger partial charge in [0.1, 0.15) is 5.69 Å². The number of nitrogens with one attached hydrogen (secondary N) is 1. The molecular formula is C17H18N4O3. The number of anilines is 2. The maximum atomic E-state index is 12.7. The van der Waals surface area contributed by atoms with Crippen LogP contribution in [0, 0.1) is 0 Å². The first-order valence-electron chi connectivity index (χ1n) is 7.51. The Labute approximate surface area is 139 Å².